The molecule has 2 aromatic carbocycles. The smallest absolute Gasteiger partial charge is 0.182 e. The van der Waals surface area contributed by atoms with Crippen molar-refractivity contribution in [2.45, 2.75) is 18.7 Å². The second kappa shape index (κ2) is 8.64. The molecule has 33 heavy (non-hydrogen) atoms. The predicted octanol–water partition coefficient (Wildman–Crippen LogP) is 4.26. The van der Waals surface area contributed by atoms with E-state index in [1.807, 2.05) is 19.1 Å². The summed E-state index contributed by atoms with van der Waals surface area (Å²) in [4.78, 5) is 20.4. The van der Waals surface area contributed by atoms with Crippen LogP contribution < -0.4 is 5.32 Å². The average Bonchev–Trinajstić information content (AvgIpc) is 3.28. The summed E-state index contributed by atoms with van der Waals surface area (Å²) in [7, 11) is 0. The Kier molecular flexibility index (Phi) is 5.53. The first kappa shape index (κ1) is 21.1. The van der Waals surface area contributed by atoms with Gasteiger partial charge in [0.25, 0.3) is 0 Å². The molecule has 0 aliphatic carbocycles. The highest BCUT2D eigenvalue weighted by Gasteiger charge is 2.18. The highest BCUT2D eigenvalue weighted by Crippen LogP contribution is 2.33. The highest BCUT2D eigenvalue weighted by atomic mass is 32.2. The van der Waals surface area contributed by atoms with E-state index in [0.29, 0.717) is 33.8 Å². The number of H-pyrrole nitrogens is 1. The van der Waals surface area contributed by atoms with Crippen LogP contribution >= 0.6 is 0 Å². The molecular formula is C23H18FN6O2S-. The lowest BCUT2D eigenvalue weighted by Gasteiger charge is -2.20. The lowest BCUT2D eigenvalue weighted by atomic mass is 9.97. The topological polar surface area (TPSA) is 120 Å². The van der Waals surface area contributed by atoms with Crippen molar-refractivity contribution in [3.05, 3.63) is 78.1 Å². The summed E-state index contributed by atoms with van der Waals surface area (Å²) < 4.78 is 36.3. The molecule has 0 spiro atoms. The number of aromatic nitrogens is 5. The Morgan fingerprint density at radius 1 is 1.15 bits per heavy atom. The van der Waals surface area contributed by atoms with Gasteiger partial charge in [0.15, 0.2) is 11.5 Å². The van der Waals surface area contributed by atoms with E-state index in [4.69, 9.17) is 4.98 Å². The molecule has 0 aliphatic rings. The highest BCUT2D eigenvalue weighted by molar-refractivity contribution is 7.78. The normalized spacial score (nSPS) is 13.3. The lowest BCUT2D eigenvalue weighted by molar-refractivity contribution is 0.536. The van der Waals surface area contributed by atoms with Gasteiger partial charge in [0.1, 0.15) is 17.7 Å². The van der Waals surface area contributed by atoms with E-state index in [2.05, 4.69) is 25.3 Å². The standard InChI is InChI=1S/C23H19FN6O2S/c1-13(29-23-21-22(26-11-25-21)27-12-28-23)18-8-15-5-6-17(24)9-19(15)30-20(18)16-4-2-3-14(7-16)10-33(31)32/h2-9,11-13H,10H2,1H3,(H,31,32)(H2,25,26,27,28,29)/p-1/t13-/m0/s1. The second-order valence-corrected chi connectivity index (χ2v) is 8.50. The van der Waals surface area contributed by atoms with Crippen molar-refractivity contribution in [3.8, 4) is 11.3 Å². The lowest BCUT2D eigenvalue weighted by Crippen LogP contribution is -2.11. The Morgan fingerprint density at radius 2 is 2.03 bits per heavy atom. The van der Waals surface area contributed by atoms with Gasteiger partial charge in [-0.15, -0.1) is 0 Å². The molecule has 0 fully saturated rings. The van der Waals surface area contributed by atoms with Crippen LogP contribution in [0.4, 0.5) is 10.2 Å². The van der Waals surface area contributed by atoms with E-state index >= 15 is 0 Å². The summed E-state index contributed by atoms with van der Waals surface area (Å²) in [5.74, 6) is 0.112. The molecule has 2 N–H and O–H groups in total. The van der Waals surface area contributed by atoms with E-state index in [0.717, 1.165) is 16.5 Å². The molecular weight excluding hydrogens is 443 g/mol. The van der Waals surface area contributed by atoms with Gasteiger partial charge in [0.05, 0.1) is 23.6 Å². The molecule has 1 unspecified atom stereocenters. The summed E-state index contributed by atoms with van der Waals surface area (Å²) in [5.41, 5.74) is 4.59. The van der Waals surface area contributed by atoms with E-state index in [9.17, 15) is 13.2 Å². The third-order valence-electron chi connectivity index (χ3n) is 5.34. The molecule has 8 nitrogen and oxygen atoms in total. The van der Waals surface area contributed by atoms with Crippen LogP contribution in [0.5, 0.6) is 0 Å². The Balaban J connectivity index is 1.63. The molecule has 0 saturated carbocycles. The van der Waals surface area contributed by atoms with Crippen LogP contribution in [0.25, 0.3) is 33.3 Å². The molecule has 0 bridgehead atoms. The quantitative estimate of drug-likeness (QED) is 0.363. The molecule has 2 atom stereocenters. The number of rotatable bonds is 6. The maximum Gasteiger partial charge on any atom is 0.182 e. The van der Waals surface area contributed by atoms with Crippen molar-refractivity contribution in [2.24, 2.45) is 0 Å². The van der Waals surface area contributed by atoms with E-state index < -0.39 is 11.1 Å². The number of pyridine rings is 1. The van der Waals surface area contributed by atoms with Crippen LogP contribution in [0.1, 0.15) is 24.1 Å². The van der Waals surface area contributed by atoms with Crippen molar-refractivity contribution < 1.29 is 13.2 Å². The van der Waals surface area contributed by atoms with Crippen molar-refractivity contribution in [1.82, 2.24) is 24.9 Å². The summed E-state index contributed by atoms with van der Waals surface area (Å²) >= 11 is -2.21. The minimum atomic E-state index is -2.21. The Morgan fingerprint density at radius 3 is 2.88 bits per heavy atom. The number of halogens is 1. The summed E-state index contributed by atoms with van der Waals surface area (Å²) in [5, 5.41) is 4.17. The number of nitrogens with zero attached hydrogens (tertiary/aromatic N) is 4. The van der Waals surface area contributed by atoms with Gasteiger partial charge in [-0.05, 0) is 36.8 Å². The van der Waals surface area contributed by atoms with E-state index in [-0.39, 0.29) is 17.6 Å². The number of aromatic amines is 1. The zero-order valence-electron chi connectivity index (χ0n) is 17.4. The second-order valence-electron chi connectivity index (χ2n) is 7.60. The third-order valence-corrected chi connectivity index (χ3v) is 5.91. The Labute approximate surface area is 190 Å². The zero-order chi connectivity index (χ0) is 22.9. The Bertz CT molecular complexity index is 1510. The number of hydrogen-bond donors (Lipinski definition) is 2. The number of hydrogen-bond acceptors (Lipinski definition) is 7. The fourth-order valence-corrected chi connectivity index (χ4v) is 4.27. The summed E-state index contributed by atoms with van der Waals surface area (Å²) in [6.07, 6.45) is 2.99. The first-order valence-electron chi connectivity index (χ1n) is 10.1. The van der Waals surface area contributed by atoms with Crippen LogP contribution in [-0.2, 0) is 16.8 Å². The fraction of sp³-hybridized carbons (Fsp3) is 0.130. The first-order valence-corrected chi connectivity index (χ1v) is 11.4. The first-order chi connectivity index (χ1) is 16.0. The van der Waals surface area contributed by atoms with Gasteiger partial charge < -0.3 is 14.9 Å². The SMILES string of the molecule is C[C@H](Nc1ncnc2nc[nH]c12)c1cc2ccc(F)cc2nc1-c1cccc(CS(=O)[O-])c1. The van der Waals surface area contributed by atoms with Gasteiger partial charge in [-0.1, -0.05) is 29.3 Å². The summed E-state index contributed by atoms with van der Waals surface area (Å²) in [6.45, 7) is 1.97. The van der Waals surface area contributed by atoms with Gasteiger partial charge in [0.2, 0.25) is 0 Å². The molecule has 166 valence electrons. The van der Waals surface area contributed by atoms with Gasteiger partial charge in [-0.3, -0.25) is 4.21 Å². The van der Waals surface area contributed by atoms with Crippen LogP contribution in [-0.4, -0.2) is 33.7 Å². The van der Waals surface area contributed by atoms with Crippen LogP contribution in [0.2, 0.25) is 0 Å². The Hall–Kier alpha value is -3.76. The molecule has 0 amide bonds. The number of anilines is 1. The molecule has 0 radical (unpaired) electrons. The molecule has 0 aliphatic heterocycles. The van der Waals surface area contributed by atoms with Gasteiger partial charge in [0, 0.05) is 28.3 Å². The molecule has 10 heteroatoms. The van der Waals surface area contributed by atoms with Crippen molar-refractivity contribution >= 4 is 39.0 Å². The maximum atomic E-state index is 13.9. The fourth-order valence-electron chi connectivity index (χ4n) is 3.82. The monoisotopic (exact) mass is 461 g/mol. The van der Waals surface area contributed by atoms with E-state index in [1.165, 1.54) is 18.5 Å². The van der Waals surface area contributed by atoms with Crippen LogP contribution in [0, 0.1) is 5.82 Å². The zero-order valence-corrected chi connectivity index (χ0v) is 18.3. The number of imidazole rings is 1. The molecule has 3 heterocycles. The minimum Gasteiger partial charge on any atom is -0.772 e. The van der Waals surface area contributed by atoms with Crippen molar-refractivity contribution in [2.75, 3.05) is 5.32 Å². The van der Waals surface area contributed by atoms with Crippen LogP contribution in [0.3, 0.4) is 0 Å². The van der Waals surface area contributed by atoms with E-state index in [1.54, 1.807) is 30.6 Å². The maximum absolute atomic E-state index is 13.9. The number of benzene rings is 2. The molecule has 5 aromatic rings. The summed E-state index contributed by atoms with van der Waals surface area (Å²) in [6, 6.07) is 13.4. The molecule has 0 saturated heterocycles. The number of fused-ring (bicyclic) bond motifs is 2. The molecule has 5 rings (SSSR count). The largest absolute Gasteiger partial charge is 0.772 e. The third kappa shape index (κ3) is 4.30. The number of nitrogens with one attached hydrogen (secondary N) is 2. The predicted molar refractivity (Wildman–Crippen MR) is 123 cm³/mol. The van der Waals surface area contributed by atoms with Crippen LogP contribution in [0.15, 0.2) is 61.2 Å². The van der Waals surface area contributed by atoms with Gasteiger partial charge in [-0.25, -0.2) is 24.3 Å². The molecule has 3 aromatic heterocycles. The van der Waals surface area contributed by atoms with Crippen molar-refractivity contribution in [3.63, 3.8) is 0 Å². The van der Waals surface area contributed by atoms with Crippen molar-refractivity contribution in [1.29, 1.82) is 0 Å². The minimum absolute atomic E-state index is 0.0993. The van der Waals surface area contributed by atoms with Gasteiger partial charge in [-0.2, -0.15) is 0 Å². The van der Waals surface area contributed by atoms with Gasteiger partial charge >= 0.3 is 0 Å². The average molecular weight is 462 g/mol.